The molecule has 1 aliphatic heterocycles. The molecule has 0 aromatic carbocycles. The van der Waals surface area contributed by atoms with E-state index in [0.717, 1.165) is 25.9 Å². The summed E-state index contributed by atoms with van der Waals surface area (Å²) < 4.78 is 0. The summed E-state index contributed by atoms with van der Waals surface area (Å²) in [5, 5.41) is 3.32. The number of aromatic nitrogens is 2. The van der Waals surface area contributed by atoms with Crippen molar-refractivity contribution in [3.8, 4) is 0 Å². The highest BCUT2D eigenvalue weighted by molar-refractivity contribution is 5.36. The Morgan fingerprint density at radius 1 is 1.33 bits per heavy atom. The van der Waals surface area contributed by atoms with Crippen molar-refractivity contribution in [2.24, 2.45) is 0 Å². The van der Waals surface area contributed by atoms with Gasteiger partial charge in [0.15, 0.2) is 0 Å². The summed E-state index contributed by atoms with van der Waals surface area (Å²) in [5.74, 6) is 0.679. The monoisotopic (exact) mass is 207 g/mol. The Balaban J connectivity index is 1.89. The highest BCUT2D eigenvalue weighted by Crippen LogP contribution is 2.12. The van der Waals surface area contributed by atoms with Gasteiger partial charge in [-0.2, -0.15) is 0 Å². The molecule has 1 aromatic rings. The zero-order valence-corrected chi connectivity index (χ0v) is 8.98. The predicted molar refractivity (Wildman–Crippen MR) is 60.6 cm³/mol. The molecule has 1 aliphatic rings. The van der Waals surface area contributed by atoms with E-state index in [2.05, 4.69) is 27.2 Å². The maximum Gasteiger partial charge on any atom is 0.222 e. The van der Waals surface area contributed by atoms with E-state index in [1.165, 1.54) is 0 Å². The van der Waals surface area contributed by atoms with Crippen LogP contribution in [0, 0.1) is 0 Å². The van der Waals surface area contributed by atoms with Gasteiger partial charge in [0.1, 0.15) is 0 Å². The first-order chi connectivity index (χ1) is 7.24. The van der Waals surface area contributed by atoms with Gasteiger partial charge >= 0.3 is 0 Å². The number of piperidine rings is 1. The molecule has 15 heavy (non-hydrogen) atoms. The van der Waals surface area contributed by atoms with Crippen molar-refractivity contribution < 1.29 is 0 Å². The van der Waals surface area contributed by atoms with Gasteiger partial charge in [0, 0.05) is 6.04 Å². The van der Waals surface area contributed by atoms with Crippen LogP contribution in [0.1, 0.15) is 12.8 Å². The summed E-state index contributed by atoms with van der Waals surface area (Å²) in [4.78, 5) is 10.6. The summed E-state index contributed by atoms with van der Waals surface area (Å²) in [6.07, 6.45) is 5.54. The van der Waals surface area contributed by atoms with Crippen LogP contribution < -0.4 is 11.1 Å². The van der Waals surface area contributed by atoms with E-state index >= 15 is 0 Å². The maximum atomic E-state index is 5.52. The molecule has 3 N–H and O–H groups in total. The third-order valence-corrected chi connectivity index (χ3v) is 2.72. The van der Waals surface area contributed by atoms with Crippen molar-refractivity contribution >= 4 is 11.6 Å². The molecule has 2 heterocycles. The minimum absolute atomic E-state index is 0.491. The Kier molecular flexibility index (Phi) is 3.01. The second-order valence-electron chi connectivity index (χ2n) is 4.06. The van der Waals surface area contributed by atoms with Crippen LogP contribution in [-0.4, -0.2) is 41.0 Å². The number of hydrogen-bond acceptors (Lipinski definition) is 5. The van der Waals surface area contributed by atoms with Crippen molar-refractivity contribution in [1.82, 2.24) is 14.9 Å². The van der Waals surface area contributed by atoms with E-state index in [1.54, 1.807) is 12.4 Å². The van der Waals surface area contributed by atoms with E-state index in [1.807, 2.05) is 0 Å². The summed E-state index contributed by atoms with van der Waals surface area (Å²) >= 11 is 0. The van der Waals surface area contributed by atoms with Crippen LogP contribution in [0.15, 0.2) is 12.4 Å². The lowest BCUT2D eigenvalue weighted by Crippen LogP contribution is -2.37. The van der Waals surface area contributed by atoms with Gasteiger partial charge in [0.2, 0.25) is 5.95 Å². The number of nitrogens with one attached hydrogen (secondary N) is 1. The molecule has 0 spiro atoms. The number of nitrogens with zero attached hydrogens (tertiary/aromatic N) is 3. The average molecular weight is 207 g/mol. The van der Waals surface area contributed by atoms with E-state index in [4.69, 9.17) is 5.73 Å². The molecule has 0 amide bonds. The fourth-order valence-corrected chi connectivity index (χ4v) is 1.75. The van der Waals surface area contributed by atoms with Gasteiger partial charge in [-0.05, 0) is 33.0 Å². The molecule has 0 atom stereocenters. The summed E-state index contributed by atoms with van der Waals surface area (Å²) in [6, 6.07) is 0.491. The second-order valence-corrected chi connectivity index (χ2v) is 4.06. The zero-order valence-electron chi connectivity index (χ0n) is 8.98. The van der Waals surface area contributed by atoms with Crippen LogP contribution in [0.25, 0.3) is 0 Å². The highest BCUT2D eigenvalue weighted by atomic mass is 15.2. The molecule has 0 bridgehead atoms. The van der Waals surface area contributed by atoms with Crippen LogP contribution in [0.4, 0.5) is 11.6 Å². The molecule has 0 unspecified atom stereocenters. The first-order valence-corrected chi connectivity index (χ1v) is 5.26. The largest absolute Gasteiger partial charge is 0.396 e. The standard InChI is InChI=1S/C10H17N5/c1-15-4-2-9(3-5-15)14-10-12-6-8(11)7-13-10/h6-7,9H,2-5,11H2,1H3,(H,12,13,14). The van der Waals surface area contributed by atoms with Gasteiger partial charge in [0.05, 0.1) is 18.1 Å². The van der Waals surface area contributed by atoms with Gasteiger partial charge < -0.3 is 16.0 Å². The van der Waals surface area contributed by atoms with E-state index < -0.39 is 0 Å². The third-order valence-electron chi connectivity index (χ3n) is 2.72. The molecular weight excluding hydrogens is 190 g/mol. The average Bonchev–Trinajstić information content (AvgIpc) is 2.25. The van der Waals surface area contributed by atoms with Crippen molar-refractivity contribution in [2.75, 3.05) is 31.2 Å². The Labute approximate surface area is 89.7 Å². The molecular formula is C10H17N5. The topological polar surface area (TPSA) is 67.1 Å². The molecule has 82 valence electrons. The number of likely N-dealkylation sites (tertiary alicyclic amines) is 1. The molecule has 0 aliphatic carbocycles. The summed E-state index contributed by atoms with van der Waals surface area (Å²) in [6.45, 7) is 2.26. The number of nitrogens with two attached hydrogens (primary N) is 1. The van der Waals surface area contributed by atoms with Crippen molar-refractivity contribution in [3.63, 3.8) is 0 Å². The van der Waals surface area contributed by atoms with Gasteiger partial charge in [-0.15, -0.1) is 0 Å². The molecule has 5 heteroatoms. The molecule has 5 nitrogen and oxygen atoms in total. The smallest absolute Gasteiger partial charge is 0.222 e. The minimum Gasteiger partial charge on any atom is -0.396 e. The Morgan fingerprint density at radius 3 is 2.53 bits per heavy atom. The number of hydrogen-bond donors (Lipinski definition) is 2. The van der Waals surface area contributed by atoms with E-state index in [0.29, 0.717) is 17.7 Å². The Morgan fingerprint density at radius 2 is 1.93 bits per heavy atom. The summed E-state index contributed by atoms with van der Waals surface area (Å²) in [5.41, 5.74) is 6.12. The predicted octanol–water partition coefficient (Wildman–Crippen LogP) is 0.565. The van der Waals surface area contributed by atoms with Crippen molar-refractivity contribution in [2.45, 2.75) is 18.9 Å². The highest BCUT2D eigenvalue weighted by Gasteiger charge is 2.16. The SMILES string of the molecule is CN1CCC(Nc2ncc(N)cn2)CC1. The molecule has 0 saturated carbocycles. The molecule has 1 aromatic heterocycles. The fourth-order valence-electron chi connectivity index (χ4n) is 1.75. The minimum atomic E-state index is 0.491. The molecule has 2 rings (SSSR count). The summed E-state index contributed by atoms with van der Waals surface area (Å²) in [7, 11) is 2.15. The number of rotatable bonds is 2. The first-order valence-electron chi connectivity index (χ1n) is 5.26. The van der Waals surface area contributed by atoms with Crippen molar-refractivity contribution in [3.05, 3.63) is 12.4 Å². The van der Waals surface area contributed by atoms with Crippen LogP contribution in [0.3, 0.4) is 0 Å². The van der Waals surface area contributed by atoms with Gasteiger partial charge in [-0.1, -0.05) is 0 Å². The maximum absolute atomic E-state index is 5.52. The second kappa shape index (κ2) is 4.44. The Bertz CT molecular complexity index is 302. The lowest BCUT2D eigenvalue weighted by Gasteiger charge is -2.29. The first kappa shape index (κ1) is 10.2. The van der Waals surface area contributed by atoms with Crippen molar-refractivity contribution in [1.29, 1.82) is 0 Å². The molecule has 1 fully saturated rings. The van der Waals surface area contributed by atoms with Gasteiger partial charge in [-0.25, -0.2) is 9.97 Å². The lowest BCUT2D eigenvalue weighted by molar-refractivity contribution is 0.263. The fraction of sp³-hybridized carbons (Fsp3) is 0.600. The molecule has 1 saturated heterocycles. The van der Waals surface area contributed by atoms with Gasteiger partial charge in [-0.3, -0.25) is 0 Å². The quantitative estimate of drug-likeness (QED) is 0.742. The molecule has 0 radical (unpaired) electrons. The number of anilines is 2. The third kappa shape index (κ3) is 2.79. The van der Waals surface area contributed by atoms with Crippen LogP contribution in [0.2, 0.25) is 0 Å². The van der Waals surface area contributed by atoms with Crippen LogP contribution in [-0.2, 0) is 0 Å². The van der Waals surface area contributed by atoms with Crippen LogP contribution in [0.5, 0.6) is 0 Å². The Hall–Kier alpha value is -1.36. The number of nitrogen functional groups attached to an aromatic ring is 1. The normalized spacial score (nSPS) is 19.0. The van der Waals surface area contributed by atoms with Crippen LogP contribution >= 0.6 is 0 Å². The van der Waals surface area contributed by atoms with E-state index in [9.17, 15) is 0 Å². The van der Waals surface area contributed by atoms with Gasteiger partial charge in [0.25, 0.3) is 0 Å². The lowest BCUT2D eigenvalue weighted by atomic mass is 10.1. The zero-order chi connectivity index (χ0) is 10.7. The van der Waals surface area contributed by atoms with E-state index in [-0.39, 0.29) is 0 Å².